The Bertz CT molecular complexity index is 379. The quantitative estimate of drug-likeness (QED) is 0.490. The zero-order valence-electron chi connectivity index (χ0n) is 10.9. The number of hydrogen-bond donors (Lipinski definition) is 1. The first kappa shape index (κ1) is 15.7. The van der Waals surface area contributed by atoms with Crippen LogP contribution in [0.5, 0.6) is 0 Å². The molecule has 0 aromatic heterocycles. The van der Waals surface area contributed by atoms with Crippen molar-refractivity contribution in [2.75, 3.05) is 6.54 Å². The van der Waals surface area contributed by atoms with E-state index in [-0.39, 0.29) is 0 Å². The Kier molecular flexibility index (Phi) is 7.64. The average molecular weight is 331 g/mol. The van der Waals surface area contributed by atoms with Crippen LogP contribution in [0.4, 0.5) is 0 Å². The predicted octanol–water partition coefficient (Wildman–Crippen LogP) is 5.50. The normalized spacial score (nSPS) is 12.4. The first-order chi connectivity index (χ1) is 8.69. The molecule has 0 aliphatic carbocycles. The lowest BCUT2D eigenvalue weighted by atomic mass is 10.0. The number of nitrogens with one attached hydrogen (secondary N) is 1. The first-order valence-corrected chi connectivity index (χ1v) is 7.65. The molecule has 1 unspecified atom stereocenters. The molecule has 1 atom stereocenters. The molecular formula is C15H21BrClN. The monoisotopic (exact) mass is 329 g/mol. The van der Waals surface area contributed by atoms with E-state index in [4.69, 9.17) is 11.6 Å². The Morgan fingerprint density at radius 2 is 2.28 bits per heavy atom. The van der Waals surface area contributed by atoms with Crippen molar-refractivity contribution in [3.63, 3.8) is 0 Å². The van der Waals surface area contributed by atoms with Gasteiger partial charge in [-0.1, -0.05) is 40.5 Å². The molecule has 0 saturated heterocycles. The van der Waals surface area contributed by atoms with Gasteiger partial charge in [0.05, 0.1) is 0 Å². The molecule has 0 aliphatic heterocycles. The maximum absolute atomic E-state index is 6.09. The van der Waals surface area contributed by atoms with E-state index in [0.717, 1.165) is 41.7 Å². The second-order valence-electron chi connectivity index (χ2n) is 4.39. The van der Waals surface area contributed by atoms with Crippen molar-refractivity contribution in [3.8, 4) is 0 Å². The van der Waals surface area contributed by atoms with Gasteiger partial charge in [0.2, 0.25) is 0 Å². The fourth-order valence-corrected chi connectivity index (χ4v) is 2.64. The molecule has 3 heteroatoms. The molecule has 1 aromatic rings. The maximum Gasteiger partial charge on any atom is 0.0410 e. The maximum atomic E-state index is 6.09. The van der Waals surface area contributed by atoms with Crippen LogP contribution in [-0.2, 0) is 0 Å². The minimum absolute atomic E-state index is 0.359. The van der Waals surface area contributed by atoms with Crippen LogP contribution in [0.2, 0.25) is 5.02 Å². The van der Waals surface area contributed by atoms with E-state index >= 15 is 0 Å². The number of allylic oxidation sites excluding steroid dienone is 1. The lowest BCUT2D eigenvalue weighted by Crippen LogP contribution is -2.22. The molecule has 1 nitrogen and oxygen atoms in total. The summed E-state index contributed by atoms with van der Waals surface area (Å²) in [4.78, 5) is 0. The van der Waals surface area contributed by atoms with E-state index in [1.165, 1.54) is 5.56 Å². The van der Waals surface area contributed by atoms with E-state index in [0.29, 0.717) is 6.04 Å². The van der Waals surface area contributed by atoms with Gasteiger partial charge in [-0.05, 0) is 56.0 Å². The standard InChI is InChI=1S/C15H21BrClN/c1-3-5-6-7-15(18-10-4-2)13-11-12(17)8-9-14(13)16/h3,8-9,11,15,18H,1,4-7,10H2,2H3. The summed E-state index contributed by atoms with van der Waals surface area (Å²) in [5.41, 5.74) is 1.25. The molecular weight excluding hydrogens is 310 g/mol. The lowest BCUT2D eigenvalue weighted by molar-refractivity contribution is 0.485. The number of halogens is 2. The van der Waals surface area contributed by atoms with Crippen LogP contribution < -0.4 is 5.32 Å². The third-order valence-corrected chi connectivity index (χ3v) is 3.83. The summed E-state index contributed by atoms with van der Waals surface area (Å²) in [5, 5.41) is 4.38. The molecule has 0 amide bonds. The van der Waals surface area contributed by atoms with Crippen LogP contribution in [0.1, 0.15) is 44.2 Å². The van der Waals surface area contributed by atoms with E-state index in [9.17, 15) is 0 Å². The third kappa shape index (κ3) is 5.13. The molecule has 18 heavy (non-hydrogen) atoms. The summed E-state index contributed by atoms with van der Waals surface area (Å²) in [7, 11) is 0. The summed E-state index contributed by atoms with van der Waals surface area (Å²) in [5.74, 6) is 0. The second kappa shape index (κ2) is 8.73. The van der Waals surface area contributed by atoms with Gasteiger partial charge in [0.15, 0.2) is 0 Å². The smallest absolute Gasteiger partial charge is 0.0410 e. The number of unbranched alkanes of at least 4 members (excludes halogenated alkanes) is 1. The van der Waals surface area contributed by atoms with Gasteiger partial charge in [-0.2, -0.15) is 0 Å². The SMILES string of the molecule is C=CCCCC(NCCC)c1cc(Cl)ccc1Br. The fraction of sp³-hybridized carbons (Fsp3) is 0.467. The molecule has 0 bridgehead atoms. The van der Waals surface area contributed by atoms with E-state index in [2.05, 4.69) is 34.7 Å². The van der Waals surface area contributed by atoms with Gasteiger partial charge < -0.3 is 5.32 Å². The molecule has 0 radical (unpaired) electrons. The van der Waals surface area contributed by atoms with Gasteiger partial charge in [0.25, 0.3) is 0 Å². The van der Waals surface area contributed by atoms with Crippen molar-refractivity contribution in [3.05, 3.63) is 45.9 Å². The molecule has 1 rings (SSSR count). The first-order valence-electron chi connectivity index (χ1n) is 6.48. The van der Waals surface area contributed by atoms with Crippen molar-refractivity contribution in [2.45, 2.75) is 38.6 Å². The zero-order chi connectivity index (χ0) is 13.4. The van der Waals surface area contributed by atoms with E-state index < -0.39 is 0 Å². The van der Waals surface area contributed by atoms with Gasteiger partial charge in [0, 0.05) is 15.5 Å². The van der Waals surface area contributed by atoms with Gasteiger partial charge in [-0.15, -0.1) is 6.58 Å². The van der Waals surface area contributed by atoms with Crippen LogP contribution in [0, 0.1) is 0 Å². The second-order valence-corrected chi connectivity index (χ2v) is 5.68. The fourth-order valence-electron chi connectivity index (χ4n) is 1.93. The van der Waals surface area contributed by atoms with Crippen molar-refractivity contribution in [1.82, 2.24) is 5.32 Å². The highest BCUT2D eigenvalue weighted by atomic mass is 79.9. The third-order valence-electron chi connectivity index (χ3n) is 2.88. The molecule has 0 saturated carbocycles. The van der Waals surface area contributed by atoms with Gasteiger partial charge in [0.1, 0.15) is 0 Å². The van der Waals surface area contributed by atoms with Crippen LogP contribution in [0.25, 0.3) is 0 Å². The predicted molar refractivity (Wildman–Crippen MR) is 84.2 cm³/mol. The molecule has 1 aromatic carbocycles. The van der Waals surface area contributed by atoms with Gasteiger partial charge >= 0.3 is 0 Å². The highest BCUT2D eigenvalue weighted by molar-refractivity contribution is 9.10. The van der Waals surface area contributed by atoms with Crippen LogP contribution in [0.15, 0.2) is 35.3 Å². The minimum Gasteiger partial charge on any atom is -0.310 e. The summed E-state index contributed by atoms with van der Waals surface area (Å²) < 4.78 is 1.12. The topological polar surface area (TPSA) is 12.0 Å². The van der Waals surface area contributed by atoms with Crippen molar-refractivity contribution < 1.29 is 0 Å². The lowest BCUT2D eigenvalue weighted by Gasteiger charge is -2.20. The molecule has 0 fully saturated rings. The summed E-state index contributed by atoms with van der Waals surface area (Å²) in [6, 6.07) is 6.34. The molecule has 0 heterocycles. The molecule has 100 valence electrons. The molecule has 1 N–H and O–H groups in total. The van der Waals surface area contributed by atoms with Crippen LogP contribution in [-0.4, -0.2) is 6.54 Å². The number of benzene rings is 1. The zero-order valence-corrected chi connectivity index (χ0v) is 13.2. The highest BCUT2D eigenvalue weighted by Gasteiger charge is 2.13. The van der Waals surface area contributed by atoms with E-state index in [1.807, 2.05) is 24.3 Å². The van der Waals surface area contributed by atoms with Crippen LogP contribution >= 0.6 is 27.5 Å². The summed E-state index contributed by atoms with van der Waals surface area (Å²) >= 11 is 9.70. The molecule has 0 spiro atoms. The Morgan fingerprint density at radius 1 is 1.50 bits per heavy atom. The Hall–Kier alpha value is -0.310. The van der Waals surface area contributed by atoms with Gasteiger partial charge in [-0.25, -0.2) is 0 Å². The highest BCUT2D eigenvalue weighted by Crippen LogP contribution is 2.29. The Morgan fingerprint density at radius 3 is 2.94 bits per heavy atom. The summed E-state index contributed by atoms with van der Waals surface area (Å²) in [6.45, 7) is 6.98. The minimum atomic E-state index is 0.359. The Labute approximate surface area is 124 Å². The Balaban J connectivity index is 2.78. The van der Waals surface area contributed by atoms with Crippen molar-refractivity contribution in [2.24, 2.45) is 0 Å². The average Bonchev–Trinajstić information content (AvgIpc) is 2.37. The summed E-state index contributed by atoms with van der Waals surface area (Å²) in [6.07, 6.45) is 6.41. The van der Waals surface area contributed by atoms with Crippen LogP contribution in [0.3, 0.4) is 0 Å². The van der Waals surface area contributed by atoms with Crippen molar-refractivity contribution >= 4 is 27.5 Å². The van der Waals surface area contributed by atoms with Crippen molar-refractivity contribution in [1.29, 1.82) is 0 Å². The van der Waals surface area contributed by atoms with E-state index in [1.54, 1.807) is 0 Å². The largest absolute Gasteiger partial charge is 0.310 e. The molecule has 0 aliphatic rings. The van der Waals surface area contributed by atoms with Gasteiger partial charge in [-0.3, -0.25) is 0 Å². The number of rotatable bonds is 8. The number of hydrogen-bond acceptors (Lipinski definition) is 1.